The predicted octanol–water partition coefficient (Wildman–Crippen LogP) is 3.37. The van der Waals surface area contributed by atoms with Crippen LogP contribution in [0.1, 0.15) is 25.0 Å². The minimum absolute atomic E-state index is 0.360. The average molecular weight is 319 g/mol. The van der Waals surface area contributed by atoms with Gasteiger partial charge in [0.05, 0.1) is 6.67 Å². The number of halogens is 2. The Morgan fingerprint density at radius 2 is 1.77 bits per heavy atom. The van der Waals surface area contributed by atoms with E-state index < -0.39 is 17.7 Å². The molecule has 2 rings (SSSR count). The summed E-state index contributed by atoms with van der Waals surface area (Å²) in [5, 5.41) is 11.6. The number of nitrogens with zero attached hydrogens (tertiary/aromatic N) is 2. The van der Waals surface area contributed by atoms with Crippen molar-refractivity contribution in [2.24, 2.45) is 5.41 Å². The van der Waals surface area contributed by atoms with E-state index in [1.54, 1.807) is 38.1 Å². The summed E-state index contributed by atoms with van der Waals surface area (Å²) in [6.45, 7) is 2.47. The minimum atomic E-state index is -1.71. The van der Waals surface area contributed by atoms with Crippen LogP contribution in [0.5, 0.6) is 0 Å². The van der Waals surface area contributed by atoms with Gasteiger partial charge in [-0.1, -0.05) is 37.3 Å². The van der Waals surface area contributed by atoms with Crippen molar-refractivity contribution in [2.45, 2.75) is 19.4 Å². The fourth-order valence-electron chi connectivity index (χ4n) is 1.91. The van der Waals surface area contributed by atoms with Crippen LogP contribution in [0.4, 0.5) is 4.39 Å². The minimum Gasteiger partial charge on any atom is -0.373 e. The highest BCUT2D eigenvalue weighted by Crippen LogP contribution is 2.39. The maximum Gasteiger partial charge on any atom is 0.161 e. The van der Waals surface area contributed by atoms with Gasteiger partial charge < -0.3 is 5.11 Å². The lowest BCUT2D eigenvalue weighted by Crippen LogP contribution is -2.42. The second kappa shape index (κ2) is 6.43. The van der Waals surface area contributed by atoms with E-state index in [0.717, 1.165) is 0 Å². The van der Waals surface area contributed by atoms with Crippen molar-refractivity contribution in [3.8, 4) is 11.8 Å². The molecule has 0 fully saturated rings. The van der Waals surface area contributed by atoms with Gasteiger partial charge in [0.1, 0.15) is 6.33 Å². The van der Waals surface area contributed by atoms with E-state index in [1.165, 1.54) is 18.7 Å². The standard InChI is InChI=1S/C17H16ClFN2O/c1-16(2,11-19)17(22,14-9-20-12-21-10-14)8-7-13-3-5-15(18)6-4-13/h3-6,9-10,12,22H,11H2,1-2H3. The number of aromatic nitrogens is 2. The Labute approximate surface area is 134 Å². The van der Waals surface area contributed by atoms with Crippen molar-refractivity contribution in [1.29, 1.82) is 0 Å². The molecule has 0 aliphatic heterocycles. The van der Waals surface area contributed by atoms with Crippen LogP contribution in [0.15, 0.2) is 43.0 Å². The summed E-state index contributed by atoms with van der Waals surface area (Å²) in [6, 6.07) is 6.88. The van der Waals surface area contributed by atoms with Crippen LogP contribution < -0.4 is 0 Å². The molecule has 1 N–H and O–H groups in total. The zero-order valence-electron chi connectivity index (χ0n) is 12.3. The van der Waals surface area contributed by atoms with Crippen molar-refractivity contribution in [3.05, 3.63) is 59.1 Å². The fraction of sp³-hybridized carbons (Fsp3) is 0.294. The summed E-state index contributed by atoms with van der Waals surface area (Å²) in [5.41, 5.74) is -1.78. The molecule has 0 bridgehead atoms. The quantitative estimate of drug-likeness (QED) is 0.883. The highest BCUT2D eigenvalue weighted by Gasteiger charge is 2.44. The molecule has 114 valence electrons. The van der Waals surface area contributed by atoms with Gasteiger partial charge >= 0.3 is 0 Å². The van der Waals surface area contributed by atoms with Crippen molar-refractivity contribution in [3.63, 3.8) is 0 Å². The van der Waals surface area contributed by atoms with Crippen LogP contribution in [0.2, 0.25) is 5.02 Å². The molecule has 1 heterocycles. The smallest absolute Gasteiger partial charge is 0.161 e. The zero-order chi connectivity index (χ0) is 16.2. The Balaban J connectivity index is 2.49. The molecule has 0 saturated heterocycles. The molecule has 1 unspecified atom stereocenters. The van der Waals surface area contributed by atoms with Crippen LogP contribution in [0, 0.1) is 17.3 Å². The maximum absolute atomic E-state index is 13.4. The molecule has 5 heteroatoms. The number of alkyl halides is 1. The largest absolute Gasteiger partial charge is 0.373 e. The summed E-state index contributed by atoms with van der Waals surface area (Å²) in [7, 11) is 0. The first kappa shape index (κ1) is 16.4. The van der Waals surface area contributed by atoms with Gasteiger partial charge in [-0.2, -0.15) is 0 Å². The van der Waals surface area contributed by atoms with Gasteiger partial charge in [-0.25, -0.2) is 9.97 Å². The lowest BCUT2D eigenvalue weighted by atomic mass is 9.72. The molecule has 0 radical (unpaired) electrons. The normalized spacial score (nSPS) is 13.9. The number of hydrogen-bond acceptors (Lipinski definition) is 3. The number of benzene rings is 1. The molecule has 0 aliphatic carbocycles. The Morgan fingerprint density at radius 1 is 1.18 bits per heavy atom. The van der Waals surface area contributed by atoms with E-state index in [9.17, 15) is 9.50 Å². The average Bonchev–Trinajstić information content (AvgIpc) is 2.54. The van der Waals surface area contributed by atoms with Crippen LogP contribution in [-0.2, 0) is 5.60 Å². The molecule has 2 aromatic rings. The van der Waals surface area contributed by atoms with Gasteiger partial charge in [-0.15, -0.1) is 0 Å². The lowest BCUT2D eigenvalue weighted by Gasteiger charge is -2.36. The molecule has 0 aliphatic rings. The summed E-state index contributed by atoms with van der Waals surface area (Å²) in [5.74, 6) is 5.65. The van der Waals surface area contributed by atoms with Gasteiger partial charge in [-0.3, -0.25) is 4.39 Å². The lowest BCUT2D eigenvalue weighted by molar-refractivity contribution is -0.0341. The van der Waals surface area contributed by atoms with E-state index in [4.69, 9.17) is 11.6 Å². The predicted molar refractivity (Wildman–Crippen MR) is 84.0 cm³/mol. The zero-order valence-corrected chi connectivity index (χ0v) is 13.1. The third-order valence-corrected chi connectivity index (χ3v) is 3.78. The van der Waals surface area contributed by atoms with Crippen molar-refractivity contribution in [2.75, 3.05) is 6.67 Å². The second-order valence-corrected chi connectivity index (χ2v) is 6.05. The topological polar surface area (TPSA) is 46.0 Å². The first-order valence-corrected chi connectivity index (χ1v) is 7.09. The van der Waals surface area contributed by atoms with Crippen molar-refractivity contribution in [1.82, 2.24) is 9.97 Å². The highest BCUT2D eigenvalue weighted by molar-refractivity contribution is 6.30. The third-order valence-electron chi connectivity index (χ3n) is 3.52. The van der Waals surface area contributed by atoms with E-state index in [1.807, 2.05) is 0 Å². The number of rotatable bonds is 3. The molecule has 1 aromatic carbocycles. The Kier molecular flexibility index (Phi) is 4.80. The molecule has 0 amide bonds. The first-order valence-electron chi connectivity index (χ1n) is 6.71. The van der Waals surface area contributed by atoms with Crippen LogP contribution >= 0.6 is 11.6 Å². The van der Waals surface area contributed by atoms with Gasteiger partial charge in [0.2, 0.25) is 0 Å². The maximum atomic E-state index is 13.4. The summed E-state index contributed by atoms with van der Waals surface area (Å²) in [6.07, 6.45) is 4.24. The van der Waals surface area contributed by atoms with Gasteiger partial charge in [0.25, 0.3) is 0 Å². The van der Waals surface area contributed by atoms with Crippen LogP contribution in [0.3, 0.4) is 0 Å². The molecular weight excluding hydrogens is 303 g/mol. The van der Waals surface area contributed by atoms with Gasteiger partial charge in [0, 0.05) is 34.0 Å². The molecule has 0 spiro atoms. The molecule has 1 aromatic heterocycles. The van der Waals surface area contributed by atoms with Crippen LogP contribution in [-0.4, -0.2) is 21.7 Å². The van der Waals surface area contributed by atoms with E-state index in [0.29, 0.717) is 16.1 Å². The van der Waals surface area contributed by atoms with E-state index >= 15 is 0 Å². The van der Waals surface area contributed by atoms with Crippen molar-refractivity contribution < 1.29 is 9.50 Å². The second-order valence-electron chi connectivity index (χ2n) is 5.61. The Morgan fingerprint density at radius 3 is 2.32 bits per heavy atom. The van der Waals surface area contributed by atoms with Gasteiger partial charge in [0.15, 0.2) is 5.60 Å². The number of hydrogen-bond donors (Lipinski definition) is 1. The summed E-state index contributed by atoms with van der Waals surface area (Å²) in [4.78, 5) is 7.77. The summed E-state index contributed by atoms with van der Waals surface area (Å²) < 4.78 is 13.4. The molecule has 1 atom stereocenters. The fourth-order valence-corrected chi connectivity index (χ4v) is 2.04. The Bertz CT molecular complexity index is 692. The van der Waals surface area contributed by atoms with E-state index in [2.05, 4.69) is 21.8 Å². The van der Waals surface area contributed by atoms with Crippen LogP contribution in [0.25, 0.3) is 0 Å². The molecule has 22 heavy (non-hydrogen) atoms. The molecule has 3 nitrogen and oxygen atoms in total. The van der Waals surface area contributed by atoms with Crippen molar-refractivity contribution >= 4 is 11.6 Å². The number of aliphatic hydroxyl groups is 1. The third kappa shape index (κ3) is 3.27. The summed E-state index contributed by atoms with van der Waals surface area (Å²) >= 11 is 5.83. The first-order chi connectivity index (χ1) is 10.4. The highest BCUT2D eigenvalue weighted by atomic mass is 35.5. The Hall–Kier alpha value is -1.96. The monoisotopic (exact) mass is 318 g/mol. The molecular formula is C17H16ClFN2O. The van der Waals surface area contributed by atoms with Gasteiger partial charge in [-0.05, 0) is 24.3 Å². The SMILES string of the molecule is CC(C)(CF)C(O)(C#Cc1ccc(Cl)cc1)c1cncnc1. The van der Waals surface area contributed by atoms with E-state index in [-0.39, 0.29) is 0 Å². The molecule has 0 saturated carbocycles.